The van der Waals surface area contributed by atoms with Crippen LogP contribution in [0.3, 0.4) is 0 Å². The van der Waals surface area contributed by atoms with Crippen molar-refractivity contribution in [3.8, 4) is 11.5 Å². The Bertz CT molecular complexity index is 443. The Balaban J connectivity index is 2.48. The number of benzene rings is 1. The minimum atomic E-state index is -1.55. The molecule has 0 aromatic heterocycles. The number of halogens is 1. The number of ether oxygens (including phenoxy) is 2. The summed E-state index contributed by atoms with van der Waals surface area (Å²) in [5.41, 5.74) is -0.596. The highest BCUT2D eigenvalue weighted by Crippen LogP contribution is 2.41. The molecule has 1 aromatic carbocycles. The first-order valence-electron chi connectivity index (χ1n) is 5.89. The van der Waals surface area contributed by atoms with E-state index in [1.807, 2.05) is 0 Å². The molecule has 1 heterocycles. The van der Waals surface area contributed by atoms with Crippen LogP contribution in [0.15, 0.2) is 12.1 Å². The summed E-state index contributed by atoms with van der Waals surface area (Å²) >= 11 is 0. The summed E-state index contributed by atoms with van der Waals surface area (Å²) in [6, 6.07) is 3.26. The average Bonchev–Trinajstić information content (AvgIpc) is 2.73. The summed E-state index contributed by atoms with van der Waals surface area (Å²) in [5, 5.41) is 12.9. The second-order valence-electron chi connectivity index (χ2n) is 4.84. The molecule has 0 amide bonds. The molecule has 1 aromatic rings. The van der Waals surface area contributed by atoms with Crippen molar-refractivity contribution in [3.05, 3.63) is 23.3 Å². The van der Waals surface area contributed by atoms with Gasteiger partial charge in [0.2, 0.25) is 6.79 Å². The predicted octanol–water partition coefficient (Wildman–Crippen LogP) is 1.87. The molecule has 0 spiro atoms. The number of alkyl halides is 1. The monoisotopic (exact) mass is 255 g/mol. The number of likely N-dealkylation sites (N-methyl/N-ethyl adjacent to an activating group) is 1. The minimum absolute atomic E-state index is 0.132. The van der Waals surface area contributed by atoms with Crippen molar-refractivity contribution in [2.75, 3.05) is 20.4 Å². The highest BCUT2D eigenvalue weighted by atomic mass is 19.1. The minimum Gasteiger partial charge on any atom is -0.454 e. The lowest BCUT2D eigenvalue weighted by molar-refractivity contribution is 0.164. The molecule has 2 rings (SSSR count). The van der Waals surface area contributed by atoms with E-state index >= 15 is 0 Å². The highest BCUT2D eigenvalue weighted by Gasteiger charge is 2.29. The molecular formula is C13H18FNO3. The van der Waals surface area contributed by atoms with Crippen molar-refractivity contribution in [2.24, 2.45) is 0 Å². The van der Waals surface area contributed by atoms with Gasteiger partial charge >= 0.3 is 0 Å². The molecule has 1 unspecified atom stereocenters. The lowest BCUT2D eigenvalue weighted by Gasteiger charge is -2.22. The van der Waals surface area contributed by atoms with Crippen molar-refractivity contribution in [2.45, 2.75) is 25.6 Å². The molecule has 1 aliphatic rings. The number of aliphatic hydroxyl groups is 1. The summed E-state index contributed by atoms with van der Waals surface area (Å²) in [4.78, 5) is 0. The van der Waals surface area contributed by atoms with Crippen LogP contribution >= 0.6 is 0 Å². The van der Waals surface area contributed by atoms with Gasteiger partial charge in [-0.2, -0.15) is 0 Å². The van der Waals surface area contributed by atoms with E-state index in [9.17, 15) is 9.50 Å². The van der Waals surface area contributed by atoms with Crippen LogP contribution in [0.25, 0.3) is 0 Å². The first-order chi connectivity index (χ1) is 8.43. The van der Waals surface area contributed by atoms with E-state index in [1.54, 1.807) is 19.2 Å². The van der Waals surface area contributed by atoms with E-state index in [4.69, 9.17) is 9.47 Å². The van der Waals surface area contributed by atoms with Gasteiger partial charge in [0.1, 0.15) is 5.67 Å². The maximum atomic E-state index is 14.2. The average molecular weight is 255 g/mol. The van der Waals surface area contributed by atoms with E-state index in [0.717, 1.165) is 0 Å². The maximum Gasteiger partial charge on any atom is 0.231 e. The molecule has 0 aliphatic carbocycles. The predicted molar refractivity (Wildman–Crippen MR) is 65.6 cm³/mol. The van der Waals surface area contributed by atoms with Gasteiger partial charge in [-0.15, -0.1) is 0 Å². The van der Waals surface area contributed by atoms with Crippen LogP contribution in [0.2, 0.25) is 0 Å². The summed E-state index contributed by atoms with van der Waals surface area (Å²) in [7, 11) is 1.73. The number of nitrogens with one attached hydrogen (secondary N) is 1. The lowest BCUT2D eigenvalue weighted by Crippen LogP contribution is -2.21. The Morgan fingerprint density at radius 1 is 1.39 bits per heavy atom. The summed E-state index contributed by atoms with van der Waals surface area (Å²) in [6.07, 6.45) is -0.783. The van der Waals surface area contributed by atoms with Gasteiger partial charge in [0.05, 0.1) is 6.10 Å². The number of fused-ring (bicyclic) bond motifs is 1. The Labute approximate surface area is 106 Å². The van der Waals surface area contributed by atoms with Gasteiger partial charge in [-0.1, -0.05) is 0 Å². The Morgan fingerprint density at radius 3 is 2.56 bits per heavy atom. The Morgan fingerprint density at radius 2 is 2.00 bits per heavy atom. The fourth-order valence-corrected chi connectivity index (χ4v) is 2.05. The second-order valence-corrected chi connectivity index (χ2v) is 4.84. The van der Waals surface area contributed by atoms with E-state index in [-0.39, 0.29) is 6.79 Å². The third-order valence-corrected chi connectivity index (χ3v) is 2.94. The van der Waals surface area contributed by atoms with Crippen LogP contribution in [-0.4, -0.2) is 25.5 Å². The molecule has 4 nitrogen and oxygen atoms in total. The van der Waals surface area contributed by atoms with E-state index in [1.165, 1.54) is 13.8 Å². The largest absolute Gasteiger partial charge is 0.454 e. The standard InChI is InChI=1S/C13H18FNO3/c1-13(2,14)9-5-12-11(17-7-18-12)4-8(9)10(16)6-15-3/h4-5,10,15-16H,6-7H2,1-3H3. The Hall–Kier alpha value is -1.33. The smallest absolute Gasteiger partial charge is 0.231 e. The number of aliphatic hydroxyl groups excluding tert-OH is 1. The van der Waals surface area contributed by atoms with Crippen LogP contribution in [-0.2, 0) is 5.67 Å². The van der Waals surface area contributed by atoms with Gasteiger partial charge in [0, 0.05) is 6.54 Å². The summed E-state index contributed by atoms with van der Waals surface area (Å²) < 4.78 is 24.7. The summed E-state index contributed by atoms with van der Waals surface area (Å²) in [6.45, 7) is 3.40. The molecule has 0 bridgehead atoms. The van der Waals surface area contributed by atoms with Crippen molar-refractivity contribution in [3.63, 3.8) is 0 Å². The second kappa shape index (κ2) is 4.74. The fraction of sp³-hybridized carbons (Fsp3) is 0.538. The first-order valence-corrected chi connectivity index (χ1v) is 5.89. The van der Waals surface area contributed by atoms with Crippen LogP contribution in [0.5, 0.6) is 11.5 Å². The molecule has 1 aliphatic heterocycles. The van der Waals surface area contributed by atoms with Gasteiger partial charge in [-0.3, -0.25) is 0 Å². The van der Waals surface area contributed by atoms with Crippen molar-refractivity contribution in [1.29, 1.82) is 0 Å². The quantitative estimate of drug-likeness (QED) is 0.862. The van der Waals surface area contributed by atoms with Crippen LogP contribution in [0, 0.1) is 0 Å². The highest BCUT2D eigenvalue weighted by molar-refractivity contribution is 5.51. The van der Waals surface area contributed by atoms with Gasteiger partial charge in [0.25, 0.3) is 0 Å². The zero-order chi connectivity index (χ0) is 13.3. The van der Waals surface area contributed by atoms with Crippen LogP contribution in [0.4, 0.5) is 4.39 Å². The van der Waals surface area contributed by atoms with Gasteiger partial charge in [-0.05, 0) is 44.2 Å². The van der Waals surface area contributed by atoms with Crippen LogP contribution < -0.4 is 14.8 Å². The normalized spacial score (nSPS) is 15.8. The molecule has 0 saturated heterocycles. The van der Waals surface area contributed by atoms with E-state index < -0.39 is 11.8 Å². The molecule has 100 valence electrons. The molecule has 5 heteroatoms. The molecule has 0 saturated carbocycles. The third kappa shape index (κ3) is 2.42. The van der Waals surface area contributed by atoms with Crippen molar-refractivity contribution in [1.82, 2.24) is 5.32 Å². The number of hydrogen-bond acceptors (Lipinski definition) is 4. The third-order valence-electron chi connectivity index (χ3n) is 2.94. The topological polar surface area (TPSA) is 50.7 Å². The van der Waals surface area contributed by atoms with Gasteiger partial charge in [-0.25, -0.2) is 4.39 Å². The zero-order valence-electron chi connectivity index (χ0n) is 10.8. The first kappa shape index (κ1) is 13.1. The number of hydrogen-bond donors (Lipinski definition) is 2. The fourth-order valence-electron chi connectivity index (χ4n) is 2.05. The van der Waals surface area contributed by atoms with Crippen molar-refractivity contribution < 1.29 is 19.0 Å². The molecule has 0 radical (unpaired) electrons. The van der Waals surface area contributed by atoms with Crippen LogP contribution in [0.1, 0.15) is 31.1 Å². The van der Waals surface area contributed by atoms with Gasteiger partial charge in [0.15, 0.2) is 11.5 Å². The summed E-state index contributed by atoms with van der Waals surface area (Å²) in [5.74, 6) is 1.07. The zero-order valence-corrected chi connectivity index (χ0v) is 10.8. The molecular weight excluding hydrogens is 237 g/mol. The lowest BCUT2D eigenvalue weighted by atomic mass is 9.91. The van der Waals surface area contributed by atoms with Gasteiger partial charge < -0.3 is 19.9 Å². The molecule has 2 N–H and O–H groups in total. The maximum absolute atomic E-state index is 14.2. The van der Waals surface area contributed by atoms with E-state index in [2.05, 4.69) is 5.32 Å². The molecule has 18 heavy (non-hydrogen) atoms. The SMILES string of the molecule is CNCC(O)c1cc2c(cc1C(C)(C)F)OCO2. The Kier molecular flexibility index (Phi) is 3.45. The van der Waals surface area contributed by atoms with Crippen molar-refractivity contribution >= 4 is 0 Å². The number of rotatable bonds is 4. The van der Waals surface area contributed by atoms with E-state index in [0.29, 0.717) is 29.2 Å². The molecule has 0 fully saturated rings. The molecule has 1 atom stereocenters.